The van der Waals surface area contributed by atoms with E-state index in [2.05, 4.69) is 10.1 Å². The van der Waals surface area contributed by atoms with Crippen molar-refractivity contribution in [1.29, 1.82) is 0 Å². The monoisotopic (exact) mass is 409 g/mol. The highest BCUT2D eigenvalue weighted by Crippen LogP contribution is 2.36. The zero-order valence-corrected chi connectivity index (χ0v) is 15.1. The van der Waals surface area contributed by atoms with Crippen molar-refractivity contribution in [3.63, 3.8) is 0 Å². The van der Waals surface area contributed by atoms with Gasteiger partial charge in [0, 0.05) is 0 Å². The fourth-order valence-corrected chi connectivity index (χ4v) is 4.49. The van der Waals surface area contributed by atoms with Gasteiger partial charge in [0.25, 0.3) is 5.91 Å². The van der Waals surface area contributed by atoms with Crippen molar-refractivity contribution in [2.24, 2.45) is 0 Å². The molecule has 0 saturated carbocycles. The highest BCUT2D eigenvalue weighted by molar-refractivity contribution is 7.93. The van der Waals surface area contributed by atoms with Gasteiger partial charge in [-0.3, -0.25) is 4.79 Å². The van der Waals surface area contributed by atoms with Crippen molar-refractivity contribution in [1.82, 2.24) is 0 Å². The number of ether oxygens (including phenoxy) is 1. The number of thiophene rings is 1. The van der Waals surface area contributed by atoms with Gasteiger partial charge >= 0.3 is 6.36 Å². The van der Waals surface area contributed by atoms with Gasteiger partial charge in [-0.1, -0.05) is 12.1 Å². The molecule has 2 N–H and O–H groups in total. The minimum absolute atomic E-state index is 0.116. The molecule has 0 aliphatic rings. The van der Waals surface area contributed by atoms with Crippen LogP contribution >= 0.6 is 11.3 Å². The molecule has 0 spiro atoms. The Morgan fingerprint density at radius 2 is 1.77 bits per heavy atom. The largest absolute Gasteiger partial charge is 0.573 e. The first-order valence-electron chi connectivity index (χ1n) is 7.04. The molecule has 0 unspecified atom stereocenters. The van der Waals surface area contributed by atoms with Gasteiger partial charge in [-0.15, -0.1) is 24.5 Å². The Kier molecular flexibility index (Phi) is 5.36. The molecule has 2 rings (SSSR count). The topological polar surface area (TPSA) is 92.7 Å². The molecule has 0 radical (unpaired) electrons. The summed E-state index contributed by atoms with van der Waals surface area (Å²) in [4.78, 5) is 11.1. The van der Waals surface area contributed by atoms with Crippen molar-refractivity contribution in [3.05, 3.63) is 36.4 Å². The molecule has 1 aromatic carbocycles. The van der Waals surface area contributed by atoms with Crippen LogP contribution in [-0.2, 0) is 14.6 Å². The van der Waals surface area contributed by atoms with Crippen molar-refractivity contribution >= 4 is 32.1 Å². The predicted molar refractivity (Wildman–Crippen MR) is 87.8 cm³/mol. The van der Waals surface area contributed by atoms with E-state index in [0.29, 0.717) is 11.3 Å². The number of anilines is 1. The van der Waals surface area contributed by atoms with Crippen LogP contribution in [0.2, 0.25) is 0 Å². The number of benzene rings is 1. The molecule has 0 fully saturated rings. The smallest absolute Gasteiger partial charge is 0.404 e. The molecule has 0 saturated heterocycles. The van der Waals surface area contributed by atoms with Crippen molar-refractivity contribution in [2.45, 2.75) is 34.9 Å². The molecule has 0 aliphatic carbocycles. The average molecular weight is 409 g/mol. The van der Waals surface area contributed by atoms with Gasteiger partial charge in [-0.25, -0.2) is 8.42 Å². The normalized spacial score (nSPS) is 12.7. The van der Waals surface area contributed by atoms with Gasteiger partial charge in [0.2, 0.25) is 9.84 Å². The molecule has 142 valence electrons. The maximum absolute atomic E-state index is 12.6. The summed E-state index contributed by atoms with van der Waals surface area (Å²) in [5.41, 5.74) is -1.68. The number of rotatable bonds is 5. The molecule has 0 bridgehead atoms. The lowest BCUT2D eigenvalue weighted by atomic mass is 10.1. The van der Waals surface area contributed by atoms with Crippen LogP contribution in [0, 0.1) is 0 Å². The van der Waals surface area contributed by atoms with Crippen LogP contribution in [0.15, 0.2) is 45.5 Å². The standard InChI is InChI=1S/C15H14F3NO5S2/c1-14(2,21)13(20)19-11-7-8-12(25-11)26(22,23)10-6-4-3-5-9(10)24-15(16,17)18/h3-8,21H,1-2H3,(H,19,20). The van der Waals surface area contributed by atoms with E-state index in [-0.39, 0.29) is 9.21 Å². The summed E-state index contributed by atoms with van der Waals surface area (Å²) >= 11 is 0.638. The van der Waals surface area contributed by atoms with E-state index in [1.807, 2.05) is 0 Å². The minimum atomic E-state index is -5.05. The molecular weight excluding hydrogens is 395 g/mol. The lowest BCUT2D eigenvalue weighted by molar-refractivity contribution is -0.275. The zero-order valence-electron chi connectivity index (χ0n) is 13.5. The number of carbonyl (C=O) groups is 1. The minimum Gasteiger partial charge on any atom is -0.404 e. The third-order valence-corrected chi connectivity index (χ3v) is 6.29. The van der Waals surface area contributed by atoms with E-state index in [0.717, 1.165) is 18.2 Å². The first kappa shape index (κ1) is 20.2. The van der Waals surface area contributed by atoms with E-state index in [1.165, 1.54) is 32.0 Å². The molecular formula is C15H14F3NO5S2. The lowest BCUT2D eigenvalue weighted by Crippen LogP contribution is -2.36. The zero-order chi connectivity index (χ0) is 19.8. The quantitative estimate of drug-likeness (QED) is 0.791. The molecule has 0 atom stereocenters. The molecule has 1 heterocycles. The molecule has 11 heteroatoms. The second kappa shape index (κ2) is 6.89. The summed E-state index contributed by atoms with van der Waals surface area (Å²) in [5, 5.41) is 12.0. The number of alkyl halides is 3. The fourth-order valence-electron chi connectivity index (χ4n) is 1.79. The Morgan fingerprint density at radius 1 is 1.15 bits per heavy atom. The Bertz CT molecular complexity index is 914. The third-order valence-electron chi connectivity index (χ3n) is 3.00. The van der Waals surface area contributed by atoms with E-state index in [4.69, 9.17) is 0 Å². The first-order chi connectivity index (χ1) is 11.8. The molecule has 1 aromatic heterocycles. The number of hydrogen-bond acceptors (Lipinski definition) is 6. The molecule has 26 heavy (non-hydrogen) atoms. The Hall–Kier alpha value is -2.11. The van der Waals surface area contributed by atoms with Crippen molar-refractivity contribution < 1.29 is 36.2 Å². The SMILES string of the molecule is CC(C)(O)C(=O)Nc1ccc(S(=O)(=O)c2ccccc2OC(F)(F)F)s1. The number of halogens is 3. The summed E-state index contributed by atoms with van der Waals surface area (Å²) in [6, 6.07) is 6.78. The second-order valence-corrected chi connectivity index (χ2v) is 8.86. The molecule has 6 nitrogen and oxygen atoms in total. The summed E-state index contributed by atoms with van der Waals surface area (Å²) in [6.07, 6.45) is -5.05. The number of hydrogen-bond donors (Lipinski definition) is 2. The van der Waals surface area contributed by atoms with Crippen LogP contribution in [0.25, 0.3) is 0 Å². The van der Waals surface area contributed by atoms with Crippen LogP contribution < -0.4 is 10.1 Å². The number of para-hydroxylation sites is 1. The van der Waals surface area contributed by atoms with Gasteiger partial charge in [0.1, 0.15) is 20.5 Å². The molecule has 0 aliphatic heterocycles. The maximum Gasteiger partial charge on any atom is 0.573 e. The maximum atomic E-state index is 12.6. The summed E-state index contributed by atoms with van der Waals surface area (Å²) in [7, 11) is -4.31. The predicted octanol–water partition coefficient (Wildman–Crippen LogP) is 3.19. The van der Waals surface area contributed by atoms with E-state index in [1.54, 1.807) is 0 Å². The Labute approximate surface area is 151 Å². The number of nitrogens with one attached hydrogen (secondary N) is 1. The van der Waals surface area contributed by atoms with Crippen LogP contribution in [0.5, 0.6) is 5.75 Å². The van der Waals surface area contributed by atoms with Gasteiger partial charge in [0.05, 0.1) is 5.00 Å². The van der Waals surface area contributed by atoms with Crippen LogP contribution in [0.1, 0.15) is 13.8 Å². The van der Waals surface area contributed by atoms with Gasteiger partial charge < -0.3 is 15.2 Å². The summed E-state index contributed by atoms with van der Waals surface area (Å²) < 4.78 is 66.2. The average Bonchev–Trinajstić information content (AvgIpc) is 2.94. The molecule has 1 amide bonds. The van der Waals surface area contributed by atoms with Crippen LogP contribution in [0.3, 0.4) is 0 Å². The van der Waals surface area contributed by atoms with Gasteiger partial charge in [-0.2, -0.15) is 0 Å². The van der Waals surface area contributed by atoms with Crippen LogP contribution in [-0.4, -0.2) is 31.4 Å². The third kappa shape index (κ3) is 4.74. The van der Waals surface area contributed by atoms with Gasteiger partial charge in [-0.05, 0) is 38.1 Å². The van der Waals surface area contributed by atoms with Crippen LogP contribution in [0.4, 0.5) is 18.2 Å². The Morgan fingerprint density at radius 3 is 2.35 bits per heavy atom. The van der Waals surface area contributed by atoms with E-state index >= 15 is 0 Å². The van der Waals surface area contributed by atoms with Gasteiger partial charge in [0.15, 0.2) is 0 Å². The number of amides is 1. The summed E-state index contributed by atoms with van der Waals surface area (Å²) in [6.45, 7) is 2.50. The van der Waals surface area contributed by atoms with Crippen molar-refractivity contribution in [3.8, 4) is 5.75 Å². The van der Waals surface area contributed by atoms with E-state index < -0.39 is 38.4 Å². The van der Waals surface area contributed by atoms with Crippen molar-refractivity contribution in [2.75, 3.05) is 5.32 Å². The summed E-state index contributed by atoms with van der Waals surface area (Å²) in [5.74, 6) is -1.61. The number of sulfone groups is 1. The lowest BCUT2D eigenvalue weighted by Gasteiger charge is -2.15. The highest BCUT2D eigenvalue weighted by atomic mass is 32.2. The number of carbonyl (C=O) groups excluding carboxylic acids is 1. The second-order valence-electron chi connectivity index (χ2n) is 5.63. The first-order valence-corrected chi connectivity index (χ1v) is 9.34. The van der Waals surface area contributed by atoms with E-state index in [9.17, 15) is 31.5 Å². The fraction of sp³-hybridized carbons (Fsp3) is 0.267. The molecule has 2 aromatic rings. The highest BCUT2D eigenvalue weighted by Gasteiger charge is 2.34. The number of aliphatic hydroxyl groups is 1. The Balaban J connectivity index is 2.37.